The van der Waals surface area contributed by atoms with Crippen molar-refractivity contribution in [1.29, 1.82) is 0 Å². The van der Waals surface area contributed by atoms with Crippen LogP contribution in [0.4, 0.5) is 17.3 Å². The van der Waals surface area contributed by atoms with Crippen LogP contribution in [0.5, 0.6) is 0 Å². The zero-order valence-electron chi connectivity index (χ0n) is 54.6. The third-order valence-corrected chi connectivity index (χ3v) is 17.9. The number of nitrogens with zero attached hydrogens (tertiary/aromatic N) is 1. The van der Waals surface area contributed by atoms with E-state index < -0.39 is 7.25 Å². The standard InChI is InChI=1S/C72H148N.BF4/c1-5-9-13-17-21-25-29-33-37-41-45-49-53-57-61-65-69-73(70-66-62-58-54-50-46-42-38-34-30-26-22-18-14-10-6-2,71-67-63-59-55-51-47-43-39-35-31-27-23-19-15-11-7-3)72-68-64-60-56-52-48-44-40-36-32-28-24-20-16-12-8-4;2-1(3,4)5/h5-72H2,1-4H3;/q+1;-1. The molecule has 0 aliphatic carbocycles. The molecule has 0 aliphatic heterocycles. The van der Waals surface area contributed by atoms with Crippen LogP contribution in [0.1, 0.15) is 439 Å². The van der Waals surface area contributed by atoms with Gasteiger partial charge in [-0.05, 0) is 51.4 Å². The molecule has 0 amide bonds. The highest BCUT2D eigenvalue weighted by Crippen LogP contribution is 2.23. The number of hydrogen-bond acceptors (Lipinski definition) is 0. The van der Waals surface area contributed by atoms with Gasteiger partial charge in [0.1, 0.15) is 0 Å². The van der Waals surface area contributed by atoms with Crippen LogP contribution in [0, 0.1) is 0 Å². The van der Waals surface area contributed by atoms with Gasteiger partial charge in [0.2, 0.25) is 0 Å². The first kappa shape index (κ1) is 79.8. The third-order valence-electron chi connectivity index (χ3n) is 17.9. The Hall–Kier alpha value is -0.255. The van der Waals surface area contributed by atoms with Gasteiger partial charge in [-0.1, -0.05) is 387 Å². The maximum Gasteiger partial charge on any atom is 0.673 e. The Morgan fingerprint density at radius 2 is 0.231 bits per heavy atom. The van der Waals surface area contributed by atoms with Gasteiger partial charge < -0.3 is 21.7 Å². The minimum absolute atomic E-state index is 1.37. The summed E-state index contributed by atoms with van der Waals surface area (Å²) in [7, 11) is -6.00. The summed E-state index contributed by atoms with van der Waals surface area (Å²) in [5.74, 6) is 0. The quantitative estimate of drug-likeness (QED) is 0.0246. The second kappa shape index (κ2) is 69.2. The highest BCUT2D eigenvalue weighted by Gasteiger charge is 2.26. The fourth-order valence-corrected chi connectivity index (χ4v) is 12.7. The van der Waals surface area contributed by atoms with Gasteiger partial charge in [-0.2, -0.15) is 0 Å². The number of quaternary nitrogens is 1. The van der Waals surface area contributed by atoms with E-state index in [1.54, 1.807) is 0 Å². The lowest BCUT2D eigenvalue weighted by atomic mass is 10.0. The predicted molar refractivity (Wildman–Crippen MR) is 348 cm³/mol. The lowest BCUT2D eigenvalue weighted by Gasteiger charge is -2.40. The fraction of sp³-hybridized carbons (Fsp3) is 1.00. The van der Waals surface area contributed by atoms with Crippen LogP contribution in [-0.2, 0) is 0 Å². The van der Waals surface area contributed by atoms with Crippen LogP contribution in [0.15, 0.2) is 0 Å². The molecule has 0 aliphatic rings. The van der Waals surface area contributed by atoms with E-state index in [1.165, 1.54) is 442 Å². The van der Waals surface area contributed by atoms with E-state index in [1.807, 2.05) is 0 Å². The van der Waals surface area contributed by atoms with Gasteiger partial charge in [0.15, 0.2) is 0 Å². The first-order valence-electron chi connectivity index (χ1n) is 37.0. The van der Waals surface area contributed by atoms with Crippen molar-refractivity contribution in [3.8, 4) is 0 Å². The second-order valence-corrected chi connectivity index (χ2v) is 25.9. The lowest BCUT2D eigenvalue weighted by Crippen LogP contribution is -2.50. The summed E-state index contributed by atoms with van der Waals surface area (Å²) in [5, 5.41) is 0. The summed E-state index contributed by atoms with van der Waals surface area (Å²) in [6, 6.07) is 0. The average molecular weight is 1110 g/mol. The Balaban J connectivity index is 0. The van der Waals surface area contributed by atoms with E-state index >= 15 is 0 Å². The van der Waals surface area contributed by atoms with E-state index in [0.717, 1.165) is 0 Å². The molecule has 0 spiro atoms. The van der Waals surface area contributed by atoms with E-state index in [9.17, 15) is 17.3 Å². The maximum atomic E-state index is 9.75. The van der Waals surface area contributed by atoms with Gasteiger partial charge >= 0.3 is 7.25 Å². The predicted octanol–water partition coefficient (Wildman–Crippen LogP) is 28.1. The minimum atomic E-state index is -6.00. The molecule has 78 heavy (non-hydrogen) atoms. The molecule has 0 heterocycles. The SMILES string of the molecule is CCCCCCCCCCCCCCCCCC[N+](CCCCCCCCCCCCCCCCCC)(CCCCCCCCCCCCCCCCCC)CCCCCCCCCCCCCCCCCC.F[B-](F)(F)F. The largest absolute Gasteiger partial charge is 0.673 e. The minimum Gasteiger partial charge on any atom is -0.418 e. The molecule has 0 fully saturated rings. The number of unbranched alkanes of at least 4 members (excludes halogenated alkanes) is 60. The summed E-state index contributed by atoms with van der Waals surface area (Å²) in [6.45, 7) is 15.3. The van der Waals surface area contributed by atoms with Crippen molar-refractivity contribution in [2.75, 3.05) is 26.2 Å². The molecule has 0 bridgehead atoms. The summed E-state index contributed by atoms with van der Waals surface area (Å²) >= 11 is 0. The van der Waals surface area contributed by atoms with Gasteiger partial charge in [0, 0.05) is 0 Å². The van der Waals surface area contributed by atoms with Crippen LogP contribution in [0.2, 0.25) is 0 Å². The summed E-state index contributed by atoms with van der Waals surface area (Å²) < 4.78 is 40.5. The number of halogens is 4. The molecule has 0 aromatic heterocycles. The zero-order chi connectivity index (χ0) is 57.1. The molecule has 6 heteroatoms. The molecule has 0 rings (SSSR count). The lowest BCUT2D eigenvalue weighted by molar-refractivity contribution is -0.929. The van der Waals surface area contributed by atoms with Gasteiger partial charge in [-0.25, -0.2) is 0 Å². The average Bonchev–Trinajstić information content (AvgIpc) is 3.42. The maximum absolute atomic E-state index is 9.75. The molecule has 0 aromatic rings. The van der Waals surface area contributed by atoms with Gasteiger partial charge in [0.05, 0.1) is 26.2 Å². The molecule has 0 aromatic carbocycles. The van der Waals surface area contributed by atoms with Crippen molar-refractivity contribution in [2.45, 2.75) is 439 Å². The van der Waals surface area contributed by atoms with Gasteiger partial charge in [-0.3, -0.25) is 0 Å². The number of hydrogen-bond donors (Lipinski definition) is 0. The van der Waals surface area contributed by atoms with Crippen molar-refractivity contribution in [3.63, 3.8) is 0 Å². The van der Waals surface area contributed by atoms with Crippen molar-refractivity contribution in [2.24, 2.45) is 0 Å². The monoisotopic (exact) mass is 1110 g/mol. The van der Waals surface area contributed by atoms with Crippen LogP contribution >= 0.6 is 0 Å². The Kier molecular flexibility index (Phi) is 70.8. The molecule has 0 N–H and O–H groups in total. The Morgan fingerprint density at radius 1 is 0.154 bits per heavy atom. The molecule has 472 valence electrons. The first-order valence-corrected chi connectivity index (χ1v) is 37.0. The molecule has 0 unspecified atom stereocenters. The first-order chi connectivity index (χ1) is 38.2. The molecule has 0 atom stereocenters. The topological polar surface area (TPSA) is 0 Å². The summed E-state index contributed by atoms with van der Waals surface area (Å²) in [5.41, 5.74) is 0. The molecule has 0 saturated carbocycles. The van der Waals surface area contributed by atoms with Crippen LogP contribution in [-0.4, -0.2) is 37.9 Å². The molecule has 0 saturated heterocycles. The smallest absolute Gasteiger partial charge is 0.418 e. The molecular formula is C72H148BF4N. The second-order valence-electron chi connectivity index (χ2n) is 25.9. The third kappa shape index (κ3) is 73.8. The van der Waals surface area contributed by atoms with E-state index in [2.05, 4.69) is 27.7 Å². The number of rotatable bonds is 68. The van der Waals surface area contributed by atoms with Crippen LogP contribution < -0.4 is 0 Å². The Labute approximate surface area is 491 Å². The molecule has 1 nitrogen and oxygen atoms in total. The highest BCUT2D eigenvalue weighted by atomic mass is 19.5. The Bertz CT molecular complexity index is 883. The van der Waals surface area contributed by atoms with Crippen molar-refractivity contribution in [1.82, 2.24) is 0 Å². The van der Waals surface area contributed by atoms with Crippen LogP contribution in [0.3, 0.4) is 0 Å². The normalized spacial score (nSPS) is 12.0. The Morgan fingerprint density at radius 3 is 0.321 bits per heavy atom. The fourth-order valence-electron chi connectivity index (χ4n) is 12.7. The van der Waals surface area contributed by atoms with Gasteiger partial charge in [0.25, 0.3) is 0 Å². The van der Waals surface area contributed by atoms with Crippen molar-refractivity contribution < 1.29 is 21.7 Å². The van der Waals surface area contributed by atoms with Crippen molar-refractivity contribution >= 4 is 7.25 Å². The van der Waals surface area contributed by atoms with E-state index in [4.69, 9.17) is 0 Å². The van der Waals surface area contributed by atoms with E-state index in [-0.39, 0.29) is 0 Å². The highest BCUT2D eigenvalue weighted by molar-refractivity contribution is 6.50. The summed E-state index contributed by atoms with van der Waals surface area (Å²) in [6.07, 6.45) is 94.7. The van der Waals surface area contributed by atoms with Crippen LogP contribution in [0.25, 0.3) is 0 Å². The molecule has 0 radical (unpaired) electrons. The van der Waals surface area contributed by atoms with E-state index in [0.29, 0.717) is 0 Å². The summed E-state index contributed by atoms with van der Waals surface area (Å²) in [4.78, 5) is 0. The zero-order valence-corrected chi connectivity index (χ0v) is 54.6. The van der Waals surface area contributed by atoms with Crippen molar-refractivity contribution in [3.05, 3.63) is 0 Å². The molecular weight excluding hydrogens is 966 g/mol. The van der Waals surface area contributed by atoms with Gasteiger partial charge in [-0.15, -0.1) is 0 Å².